The van der Waals surface area contributed by atoms with Crippen LogP contribution in [0.5, 0.6) is 0 Å². The van der Waals surface area contributed by atoms with Crippen LogP contribution in [0.25, 0.3) is 0 Å². The van der Waals surface area contributed by atoms with Gasteiger partial charge >= 0.3 is 0 Å². The Morgan fingerprint density at radius 1 is 1.42 bits per heavy atom. The zero-order chi connectivity index (χ0) is 13.8. The molecule has 0 bridgehead atoms. The van der Waals surface area contributed by atoms with Gasteiger partial charge in [-0.05, 0) is 38.3 Å². The van der Waals surface area contributed by atoms with Gasteiger partial charge in [0.1, 0.15) is 0 Å². The normalized spacial score (nSPS) is 11.0. The Bertz CT molecular complexity index is 523. The number of anilines is 1. The average molecular weight is 295 g/mol. The summed E-state index contributed by atoms with van der Waals surface area (Å²) in [6.45, 7) is 7.36. The number of halogens is 1. The Morgan fingerprint density at radius 3 is 2.79 bits per heavy atom. The summed E-state index contributed by atoms with van der Waals surface area (Å²) < 4.78 is 0. The number of hydrogen-bond donors (Lipinski definition) is 0. The van der Waals surface area contributed by atoms with Crippen LogP contribution in [-0.2, 0) is 12.4 Å². The fourth-order valence-corrected chi connectivity index (χ4v) is 2.97. The van der Waals surface area contributed by atoms with E-state index in [-0.39, 0.29) is 0 Å². The molecule has 2 rings (SSSR count). The number of hydrogen-bond acceptors (Lipinski definition) is 3. The summed E-state index contributed by atoms with van der Waals surface area (Å²) in [7, 11) is 0. The molecule has 2 aromatic heterocycles. The molecule has 0 aliphatic rings. The molecular weight excluding hydrogens is 276 g/mol. The second kappa shape index (κ2) is 6.40. The lowest BCUT2D eigenvalue weighted by Gasteiger charge is -2.30. The van der Waals surface area contributed by atoms with Crippen LogP contribution < -0.4 is 4.90 Å². The van der Waals surface area contributed by atoms with Crippen molar-refractivity contribution in [1.82, 2.24) is 4.98 Å². The van der Waals surface area contributed by atoms with Gasteiger partial charge in [-0.25, -0.2) is 0 Å². The van der Waals surface area contributed by atoms with Crippen molar-refractivity contribution < 1.29 is 0 Å². The highest BCUT2D eigenvalue weighted by atomic mass is 35.5. The Morgan fingerprint density at radius 2 is 2.21 bits per heavy atom. The van der Waals surface area contributed by atoms with Crippen LogP contribution in [0.3, 0.4) is 0 Å². The van der Waals surface area contributed by atoms with Crippen LogP contribution >= 0.6 is 22.9 Å². The maximum Gasteiger partial charge on any atom is 0.0525 e. The maximum absolute atomic E-state index is 6.05. The molecule has 0 saturated carbocycles. The lowest BCUT2D eigenvalue weighted by molar-refractivity contribution is 0.683. The van der Waals surface area contributed by atoms with Crippen molar-refractivity contribution in [2.24, 2.45) is 0 Å². The van der Waals surface area contributed by atoms with Crippen LogP contribution in [0, 0.1) is 6.92 Å². The van der Waals surface area contributed by atoms with E-state index in [9.17, 15) is 0 Å². The maximum atomic E-state index is 6.05. The predicted molar refractivity (Wildman–Crippen MR) is 84.2 cm³/mol. The van der Waals surface area contributed by atoms with E-state index in [1.54, 1.807) is 11.3 Å². The molecule has 0 radical (unpaired) electrons. The topological polar surface area (TPSA) is 16.1 Å². The van der Waals surface area contributed by atoms with Gasteiger partial charge < -0.3 is 4.90 Å². The first-order chi connectivity index (χ1) is 9.11. The lowest BCUT2D eigenvalue weighted by atomic mass is 10.1. The van der Waals surface area contributed by atoms with Gasteiger partial charge in [-0.15, -0.1) is 22.9 Å². The Balaban J connectivity index is 2.35. The van der Waals surface area contributed by atoms with E-state index >= 15 is 0 Å². The van der Waals surface area contributed by atoms with Gasteiger partial charge in [0.2, 0.25) is 0 Å². The SMILES string of the molecule is Cc1cc(N(Cc2cccs2)C(C)C)c(CCl)cn1. The Labute approximate surface area is 124 Å². The molecule has 2 nitrogen and oxygen atoms in total. The monoisotopic (exact) mass is 294 g/mol. The first-order valence-corrected chi connectivity index (χ1v) is 7.83. The number of alkyl halides is 1. The summed E-state index contributed by atoms with van der Waals surface area (Å²) in [4.78, 5) is 8.09. The second-order valence-corrected chi connectivity index (χ2v) is 6.19. The van der Waals surface area contributed by atoms with Crippen molar-refractivity contribution in [1.29, 1.82) is 0 Å². The molecule has 0 atom stereocenters. The van der Waals surface area contributed by atoms with Crippen LogP contribution in [0.15, 0.2) is 29.8 Å². The molecule has 0 aromatic carbocycles. The zero-order valence-electron chi connectivity index (χ0n) is 11.6. The highest BCUT2D eigenvalue weighted by Crippen LogP contribution is 2.27. The summed E-state index contributed by atoms with van der Waals surface area (Å²) in [5.41, 5.74) is 3.32. The van der Waals surface area contributed by atoms with E-state index in [1.807, 2.05) is 13.1 Å². The van der Waals surface area contributed by atoms with E-state index in [1.165, 1.54) is 10.6 Å². The number of pyridine rings is 1. The molecule has 0 amide bonds. The fraction of sp³-hybridized carbons (Fsp3) is 0.400. The molecule has 0 saturated heterocycles. The Kier molecular flexibility index (Phi) is 4.83. The van der Waals surface area contributed by atoms with Crippen LogP contribution in [0.4, 0.5) is 5.69 Å². The molecule has 2 aromatic rings. The van der Waals surface area contributed by atoms with Crippen LogP contribution in [-0.4, -0.2) is 11.0 Å². The Hall–Kier alpha value is -1.06. The molecule has 102 valence electrons. The van der Waals surface area contributed by atoms with E-state index < -0.39 is 0 Å². The lowest BCUT2D eigenvalue weighted by Crippen LogP contribution is -2.30. The first-order valence-electron chi connectivity index (χ1n) is 6.42. The second-order valence-electron chi connectivity index (χ2n) is 4.89. The standard InChI is InChI=1S/C15H19ClN2S/c1-11(2)18(10-14-5-4-6-19-14)15-7-12(3)17-9-13(15)8-16/h4-7,9,11H,8,10H2,1-3H3. The first kappa shape index (κ1) is 14.4. The van der Waals surface area contributed by atoms with Gasteiger partial charge in [0, 0.05) is 34.1 Å². The molecule has 0 aliphatic carbocycles. The highest BCUT2D eigenvalue weighted by Gasteiger charge is 2.15. The van der Waals surface area contributed by atoms with Crippen molar-refractivity contribution in [3.05, 3.63) is 45.9 Å². The quantitative estimate of drug-likeness (QED) is 0.749. The fourth-order valence-electron chi connectivity index (χ4n) is 2.06. The molecule has 0 spiro atoms. The predicted octanol–water partition coefficient (Wildman–Crippen LogP) is 4.61. The molecule has 2 heterocycles. The number of rotatable bonds is 5. The molecule has 0 unspecified atom stereocenters. The number of aromatic nitrogens is 1. The summed E-state index contributed by atoms with van der Waals surface area (Å²) in [6.07, 6.45) is 1.89. The van der Waals surface area contributed by atoms with E-state index in [0.717, 1.165) is 17.8 Å². The third kappa shape index (κ3) is 3.48. The van der Waals surface area contributed by atoms with Crippen molar-refractivity contribution >= 4 is 28.6 Å². The van der Waals surface area contributed by atoms with E-state index in [2.05, 4.69) is 47.3 Å². The summed E-state index contributed by atoms with van der Waals surface area (Å²) in [5.74, 6) is 0.496. The third-order valence-electron chi connectivity index (χ3n) is 3.08. The minimum atomic E-state index is 0.422. The zero-order valence-corrected chi connectivity index (χ0v) is 13.1. The van der Waals surface area contributed by atoms with Crippen LogP contribution in [0.1, 0.15) is 30.0 Å². The summed E-state index contributed by atoms with van der Waals surface area (Å²) in [5, 5.41) is 2.12. The van der Waals surface area contributed by atoms with Gasteiger partial charge in [-0.1, -0.05) is 6.07 Å². The van der Waals surface area contributed by atoms with Gasteiger partial charge in [0.05, 0.1) is 12.4 Å². The van der Waals surface area contributed by atoms with Crippen molar-refractivity contribution in [3.63, 3.8) is 0 Å². The minimum absolute atomic E-state index is 0.422. The van der Waals surface area contributed by atoms with Gasteiger partial charge in [0.25, 0.3) is 0 Å². The number of nitrogens with zero attached hydrogens (tertiary/aromatic N) is 2. The van der Waals surface area contributed by atoms with Gasteiger partial charge in [0.15, 0.2) is 0 Å². The van der Waals surface area contributed by atoms with Crippen molar-refractivity contribution in [2.45, 2.75) is 39.2 Å². The molecule has 0 aliphatic heterocycles. The average Bonchev–Trinajstić information content (AvgIpc) is 2.88. The highest BCUT2D eigenvalue weighted by molar-refractivity contribution is 7.09. The molecule has 4 heteroatoms. The smallest absolute Gasteiger partial charge is 0.0525 e. The largest absolute Gasteiger partial charge is 0.364 e. The third-order valence-corrected chi connectivity index (χ3v) is 4.23. The molecule has 19 heavy (non-hydrogen) atoms. The van der Waals surface area contributed by atoms with Crippen LogP contribution in [0.2, 0.25) is 0 Å². The number of thiophene rings is 1. The number of aryl methyl sites for hydroxylation is 1. The molecular formula is C15H19ClN2S. The van der Waals surface area contributed by atoms with Crippen molar-refractivity contribution in [2.75, 3.05) is 4.90 Å². The van der Waals surface area contributed by atoms with Gasteiger partial charge in [-0.2, -0.15) is 0 Å². The van der Waals surface area contributed by atoms with Crippen molar-refractivity contribution in [3.8, 4) is 0 Å². The molecule has 0 N–H and O–H groups in total. The van der Waals surface area contributed by atoms with E-state index in [4.69, 9.17) is 11.6 Å². The minimum Gasteiger partial charge on any atom is -0.364 e. The molecule has 0 fully saturated rings. The summed E-state index contributed by atoms with van der Waals surface area (Å²) in [6, 6.07) is 6.82. The van der Waals surface area contributed by atoms with Gasteiger partial charge in [-0.3, -0.25) is 4.98 Å². The summed E-state index contributed by atoms with van der Waals surface area (Å²) >= 11 is 7.84. The van der Waals surface area contributed by atoms with E-state index in [0.29, 0.717) is 11.9 Å².